The SMILES string of the molecule is CC[C@H](c1ccccn1)[C@@H](CC)c1ccc(Cl)cc1. The van der Waals surface area contributed by atoms with Gasteiger partial charge < -0.3 is 0 Å². The molecule has 0 aliphatic heterocycles. The van der Waals surface area contributed by atoms with Crippen LogP contribution in [0, 0.1) is 0 Å². The van der Waals surface area contributed by atoms with E-state index < -0.39 is 0 Å². The highest BCUT2D eigenvalue weighted by atomic mass is 35.5. The summed E-state index contributed by atoms with van der Waals surface area (Å²) in [5, 5.41) is 0.796. The molecular weight excluding hydrogens is 254 g/mol. The molecule has 2 rings (SSSR count). The first kappa shape index (κ1) is 14.1. The fourth-order valence-corrected chi connectivity index (χ4v) is 2.88. The van der Waals surface area contributed by atoms with Crippen molar-refractivity contribution in [3.63, 3.8) is 0 Å². The molecule has 0 aliphatic carbocycles. The fraction of sp³-hybridized carbons (Fsp3) is 0.353. The van der Waals surface area contributed by atoms with E-state index in [0.717, 1.165) is 17.9 Å². The zero-order chi connectivity index (χ0) is 13.7. The normalized spacial score (nSPS) is 14.1. The van der Waals surface area contributed by atoms with Crippen molar-refractivity contribution in [3.05, 3.63) is 64.9 Å². The second-order valence-electron chi connectivity index (χ2n) is 4.84. The Morgan fingerprint density at radius 3 is 2.16 bits per heavy atom. The molecule has 0 aliphatic rings. The second-order valence-corrected chi connectivity index (χ2v) is 5.27. The summed E-state index contributed by atoms with van der Waals surface area (Å²) in [6, 6.07) is 14.4. The number of hydrogen-bond acceptors (Lipinski definition) is 1. The minimum atomic E-state index is 0.465. The number of benzene rings is 1. The molecule has 2 heteroatoms. The number of halogens is 1. The molecule has 2 aromatic rings. The molecule has 1 aromatic carbocycles. The van der Waals surface area contributed by atoms with Crippen molar-refractivity contribution < 1.29 is 0 Å². The van der Waals surface area contributed by atoms with Crippen LogP contribution in [0.5, 0.6) is 0 Å². The lowest BCUT2D eigenvalue weighted by molar-refractivity contribution is 0.500. The molecule has 1 aromatic heterocycles. The van der Waals surface area contributed by atoms with Crippen LogP contribution in [-0.4, -0.2) is 4.98 Å². The molecule has 100 valence electrons. The van der Waals surface area contributed by atoms with E-state index in [-0.39, 0.29) is 0 Å². The van der Waals surface area contributed by atoms with Crippen LogP contribution in [0.15, 0.2) is 48.7 Å². The van der Waals surface area contributed by atoms with E-state index in [4.69, 9.17) is 11.6 Å². The van der Waals surface area contributed by atoms with Gasteiger partial charge in [0.05, 0.1) is 0 Å². The van der Waals surface area contributed by atoms with Crippen molar-refractivity contribution in [2.24, 2.45) is 0 Å². The summed E-state index contributed by atoms with van der Waals surface area (Å²) in [6.07, 6.45) is 4.08. The Morgan fingerprint density at radius 1 is 0.947 bits per heavy atom. The topological polar surface area (TPSA) is 12.9 Å². The van der Waals surface area contributed by atoms with Crippen LogP contribution >= 0.6 is 11.6 Å². The maximum atomic E-state index is 5.98. The molecule has 0 bridgehead atoms. The lowest BCUT2D eigenvalue weighted by atomic mass is 9.80. The Balaban J connectivity index is 2.31. The second kappa shape index (κ2) is 6.72. The lowest BCUT2D eigenvalue weighted by Crippen LogP contribution is -2.11. The van der Waals surface area contributed by atoms with E-state index in [0.29, 0.717) is 11.8 Å². The highest BCUT2D eigenvalue weighted by Crippen LogP contribution is 2.37. The van der Waals surface area contributed by atoms with Crippen LogP contribution in [0.1, 0.15) is 49.8 Å². The van der Waals surface area contributed by atoms with E-state index in [1.807, 2.05) is 24.4 Å². The van der Waals surface area contributed by atoms with Crippen LogP contribution in [0.25, 0.3) is 0 Å². The molecule has 0 amide bonds. The minimum absolute atomic E-state index is 0.465. The van der Waals surface area contributed by atoms with Gasteiger partial charge in [0.25, 0.3) is 0 Å². The molecule has 0 spiro atoms. The van der Waals surface area contributed by atoms with Gasteiger partial charge in [-0.3, -0.25) is 4.98 Å². The van der Waals surface area contributed by atoms with Gasteiger partial charge in [-0.05, 0) is 48.6 Å². The highest BCUT2D eigenvalue weighted by molar-refractivity contribution is 6.30. The minimum Gasteiger partial charge on any atom is -0.261 e. The summed E-state index contributed by atoms with van der Waals surface area (Å²) in [5.41, 5.74) is 2.54. The fourth-order valence-electron chi connectivity index (χ4n) is 2.76. The summed E-state index contributed by atoms with van der Waals surface area (Å²) in [5.74, 6) is 0.963. The highest BCUT2D eigenvalue weighted by Gasteiger charge is 2.22. The molecule has 19 heavy (non-hydrogen) atoms. The number of pyridine rings is 1. The predicted octanol–water partition coefficient (Wildman–Crippen LogP) is 5.42. The number of aromatic nitrogens is 1. The molecule has 1 nitrogen and oxygen atoms in total. The Bertz CT molecular complexity index is 492. The smallest absolute Gasteiger partial charge is 0.0440 e. The maximum Gasteiger partial charge on any atom is 0.0440 e. The van der Waals surface area contributed by atoms with Crippen molar-refractivity contribution in [2.45, 2.75) is 38.5 Å². The summed E-state index contributed by atoms with van der Waals surface area (Å²) < 4.78 is 0. The predicted molar refractivity (Wildman–Crippen MR) is 81.8 cm³/mol. The average molecular weight is 274 g/mol. The van der Waals surface area contributed by atoms with Gasteiger partial charge in [0, 0.05) is 22.8 Å². The Kier molecular flexibility index (Phi) is 4.98. The maximum absolute atomic E-state index is 5.98. The third-order valence-electron chi connectivity index (χ3n) is 3.73. The first-order valence-electron chi connectivity index (χ1n) is 6.92. The Hall–Kier alpha value is -1.34. The molecule has 0 unspecified atom stereocenters. The monoisotopic (exact) mass is 273 g/mol. The molecular formula is C17H20ClN. The van der Waals surface area contributed by atoms with Gasteiger partial charge in [-0.1, -0.05) is 43.6 Å². The van der Waals surface area contributed by atoms with E-state index in [9.17, 15) is 0 Å². The van der Waals surface area contributed by atoms with Crippen molar-refractivity contribution in [1.82, 2.24) is 4.98 Å². The van der Waals surface area contributed by atoms with Gasteiger partial charge in [0.1, 0.15) is 0 Å². The van der Waals surface area contributed by atoms with Crippen molar-refractivity contribution in [2.75, 3.05) is 0 Å². The largest absolute Gasteiger partial charge is 0.261 e. The van der Waals surface area contributed by atoms with Gasteiger partial charge in [-0.25, -0.2) is 0 Å². The zero-order valence-electron chi connectivity index (χ0n) is 11.5. The molecule has 2 atom stereocenters. The number of nitrogens with zero attached hydrogens (tertiary/aromatic N) is 1. The van der Waals surface area contributed by atoms with Crippen molar-refractivity contribution >= 4 is 11.6 Å². The molecule has 0 N–H and O–H groups in total. The first-order chi connectivity index (χ1) is 9.26. The van der Waals surface area contributed by atoms with Crippen LogP contribution in [0.4, 0.5) is 0 Å². The third kappa shape index (κ3) is 3.36. The zero-order valence-corrected chi connectivity index (χ0v) is 12.3. The van der Waals surface area contributed by atoms with E-state index in [1.54, 1.807) is 0 Å². The van der Waals surface area contributed by atoms with Crippen LogP contribution < -0.4 is 0 Å². The number of hydrogen-bond donors (Lipinski definition) is 0. The third-order valence-corrected chi connectivity index (χ3v) is 3.98. The summed E-state index contributed by atoms with van der Waals surface area (Å²) in [4.78, 5) is 4.54. The van der Waals surface area contributed by atoms with Gasteiger partial charge in [0.15, 0.2) is 0 Å². The molecule has 0 radical (unpaired) electrons. The summed E-state index contributed by atoms with van der Waals surface area (Å²) in [6.45, 7) is 4.47. The van der Waals surface area contributed by atoms with Crippen molar-refractivity contribution in [3.8, 4) is 0 Å². The quantitative estimate of drug-likeness (QED) is 0.708. The van der Waals surface area contributed by atoms with E-state index in [2.05, 4.69) is 43.1 Å². The van der Waals surface area contributed by atoms with E-state index >= 15 is 0 Å². The molecule has 1 heterocycles. The average Bonchev–Trinajstić information content (AvgIpc) is 2.47. The molecule has 0 fully saturated rings. The van der Waals surface area contributed by atoms with Crippen LogP contribution in [0.2, 0.25) is 5.02 Å². The lowest BCUT2D eigenvalue weighted by Gasteiger charge is -2.25. The Morgan fingerprint density at radius 2 is 1.63 bits per heavy atom. The molecule has 0 saturated carbocycles. The van der Waals surface area contributed by atoms with Gasteiger partial charge in [-0.15, -0.1) is 0 Å². The first-order valence-corrected chi connectivity index (χ1v) is 7.30. The molecule has 0 saturated heterocycles. The van der Waals surface area contributed by atoms with Crippen LogP contribution in [-0.2, 0) is 0 Å². The standard InChI is InChI=1S/C17H20ClN/c1-3-15(13-8-10-14(18)11-9-13)16(4-2)17-7-5-6-12-19-17/h5-12,15-16H,3-4H2,1-2H3/t15-,16-/m0/s1. The van der Waals surface area contributed by atoms with Crippen LogP contribution in [0.3, 0.4) is 0 Å². The van der Waals surface area contributed by atoms with Gasteiger partial charge in [-0.2, -0.15) is 0 Å². The Labute approximate surface area is 120 Å². The number of rotatable bonds is 5. The summed E-state index contributed by atoms with van der Waals surface area (Å²) >= 11 is 5.98. The summed E-state index contributed by atoms with van der Waals surface area (Å²) in [7, 11) is 0. The van der Waals surface area contributed by atoms with E-state index in [1.165, 1.54) is 11.3 Å². The van der Waals surface area contributed by atoms with Gasteiger partial charge in [0.2, 0.25) is 0 Å². The van der Waals surface area contributed by atoms with Gasteiger partial charge >= 0.3 is 0 Å². The van der Waals surface area contributed by atoms with Crippen molar-refractivity contribution in [1.29, 1.82) is 0 Å².